The van der Waals surface area contributed by atoms with E-state index in [1.54, 1.807) is 19.1 Å². The number of benzene rings is 1. The number of aromatic hydroxyl groups is 1. The standard InChI is InChI=1S/C17H22O2/c1-11(2)7-6-8-16(18)15-9-13(5)17(19)10-14(15)12(3)4/h9-10,19H,1,3,6-8H2,2,4-5H3. The molecule has 1 rings (SSSR count). The molecule has 0 saturated heterocycles. The van der Waals surface area contributed by atoms with Crippen molar-refractivity contribution in [2.75, 3.05) is 0 Å². The molecule has 1 N–H and O–H groups in total. The summed E-state index contributed by atoms with van der Waals surface area (Å²) in [5.74, 6) is 0.304. The minimum atomic E-state index is 0.0994. The van der Waals surface area contributed by atoms with Crippen molar-refractivity contribution in [3.8, 4) is 5.75 Å². The van der Waals surface area contributed by atoms with Crippen molar-refractivity contribution in [3.63, 3.8) is 0 Å². The van der Waals surface area contributed by atoms with Crippen LogP contribution in [0, 0.1) is 6.92 Å². The summed E-state index contributed by atoms with van der Waals surface area (Å²) < 4.78 is 0. The van der Waals surface area contributed by atoms with Crippen LogP contribution < -0.4 is 0 Å². The summed E-state index contributed by atoms with van der Waals surface area (Å²) in [5.41, 5.74) is 3.99. The highest BCUT2D eigenvalue weighted by Crippen LogP contribution is 2.27. The molecule has 0 aliphatic heterocycles. The SMILES string of the molecule is C=C(C)CCCC(=O)c1cc(C)c(O)cc1C(=C)C. The van der Waals surface area contributed by atoms with Crippen LogP contribution in [0.1, 0.15) is 54.6 Å². The van der Waals surface area contributed by atoms with Gasteiger partial charge in [0, 0.05) is 12.0 Å². The van der Waals surface area contributed by atoms with Crippen LogP contribution in [0.3, 0.4) is 0 Å². The molecule has 0 unspecified atom stereocenters. The van der Waals surface area contributed by atoms with Gasteiger partial charge in [-0.2, -0.15) is 0 Å². The summed E-state index contributed by atoms with van der Waals surface area (Å²) in [7, 11) is 0. The lowest BCUT2D eigenvalue weighted by Gasteiger charge is -2.11. The van der Waals surface area contributed by atoms with Crippen LogP contribution in [0.15, 0.2) is 30.9 Å². The van der Waals surface area contributed by atoms with E-state index in [1.807, 2.05) is 13.8 Å². The highest BCUT2D eigenvalue weighted by Gasteiger charge is 2.14. The molecule has 0 aliphatic rings. The predicted octanol–water partition coefficient (Wildman–Crippen LogP) is 4.66. The number of carbonyl (C=O) groups is 1. The van der Waals surface area contributed by atoms with Crippen molar-refractivity contribution < 1.29 is 9.90 Å². The minimum absolute atomic E-state index is 0.0994. The van der Waals surface area contributed by atoms with Crippen LogP contribution in [-0.2, 0) is 0 Å². The molecule has 102 valence electrons. The van der Waals surface area contributed by atoms with Gasteiger partial charge in [-0.25, -0.2) is 0 Å². The molecule has 0 fully saturated rings. The Labute approximate surface area is 115 Å². The van der Waals surface area contributed by atoms with Gasteiger partial charge in [-0.1, -0.05) is 17.7 Å². The summed E-state index contributed by atoms with van der Waals surface area (Å²) in [4.78, 5) is 12.3. The number of rotatable bonds is 6. The second-order valence-electron chi connectivity index (χ2n) is 5.20. The highest BCUT2D eigenvalue weighted by molar-refractivity contribution is 6.01. The van der Waals surface area contributed by atoms with Gasteiger partial charge >= 0.3 is 0 Å². The average molecular weight is 258 g/mol. The fourth-order valence-corrected chi connectivity index (χ4v) is 1.97. The molecule has 0 aliphatic carbocycles. The Morgan fingerprint density at radius 2 is 1.79 bits per heavy atom. The van der Waals surface area contributed by atoms with E-state index in [0.717, 1.165) is 29.6 Å². The molecule has 0 atom stereocenters. The normalized spacial score (nSPS) is 10.3. The van der Waals surface area contributed by atoms with Crippen molar-refractivity contribution in [1.82, 2.24) is 0 Å². The van der Waals surface area contributed by atoms with Crippen molar-refractivity contribution in [2.24, 2.45) is 0 Å². The molecule has 1 aromatic rings. The number of ketones is 1. The summed E-state index contributed by atoms with van der Waals surface area (Å²) >= 11 is 0. The summed E-state index contributed by atoms with van der Waals surface area (Å²) in [6, 6.07) is 3.38. The molecular weight excluding hydrogens is 236 g/mol. The minimum Gasteiger partial charge on any atom is -0.508 e. The van der Waals surface area contributed by atoms with Gasteiger partial charge in [-0.15, -0.1) is 6.58 Å². The van der Waals surface area contributed by atoms with E-state index in [2.05, 4.69) is 13.2 Å². The van der Waals surface area contributed by atoms with Gasteiger partial charge in [0.15, 0.2) is 5.78 Å². The van der Waals surface area contributed by atoms with Gasteiger partial charge in [0.05, 0.1) is 0 Å². The molecule has 0 heterocycles. The Hall–Kier alpha value is -1.83. The van der Waals surface area contributed by atoms with E-state index in [4.69, 9.17) is 0 Å². The van der Waals surface area contributed by atoms with E-state index in [1.165, 1.54) is 0 Å². The molecule has 2 nitrogen and oxygen atoms in total. The molecule has 19 heavy (non-hydrogen) atoms. The zero-order valence-corrected chi connectivity index (χ0v) is 12.0. The van der Waals surface area contributed by atoms with Crippen molar-refractivity contribution >= 4 is 11.4 Å². The van der Waals surface area contributed by atoms with E-state index >= 15 is 0 Å². The molecule has 0 bridgehead atoms. The zero-order chi connectivity index (χ0) is 14.6. The van der Waals surface area contributed by atoms with Gasteiger partial charge in [0.2, 0.25) is 0 Å². The number of carbonyl (C=O) groups excluding carboxylic acids is 1. The van der Waals surface area contributed by atoms with Gasteiger partial charge in [-0.3, -0.25) is 4.79 Å². The maximum absolute atomic E-state index is 12.3. The third-order valence-corrected chi connectivity index (χ3v) is 3.10. The van der Waals surface area contributed by atoms with Gasteiger partial charge in [0.25, 0.3) is 0 Å². The molecule has 0 spiro atoms. The lowest BCUT2D eigenvalue weighted by atomic mass is 9.93. The molecule has 0 amide bonds. The Morgan fingerprint density at radius 3 is 2.32 bits per heavy atom. The van der Waals surface area contributed by atoms with Crippen LogP contribution >= 0.6 is 0 Å². The Kier molecular flexibility index (Phi) is 5.11. The maximum atomic E-state index is 12.3. The zero-order valence-electron chi connectivity index (χ0n) is 12.0. The van der Waals surface area contributed by atoms with Crippen LogP contribution in [0.5, 0.6) is 5.75 Å². The third-order valence-electron chi connectivity index (χ3n) is 3.10. The molecule has 1 aromatic carbocycles. The number of aryl methyl sites for hydroxylation is 1. The third kappa shape index (κ3) is 4.09. The largest absolute Gasteiger partial charge is 0.508 e. The number of phenols is 1. The number of hydrogen-bond acceptors (Lipinski definition) is 2. The quantitative estimate of drug-likeness (QED) is 0.595. The fraction of sp³-hybridized carbons (Fsp3) is 0.353. The number of hydrogen-bond donors (Lipinski definition) is 1. The Morgan fingerprint density at radius 1 is 1.16 bits per heavy atom. The summed E-state index contributed by atoms with van der Waals surface area (Å²) in [6.45, 7) is 13.3. The summed E-state index contributed by atoms with van der Waals surface area (Å²) in [6.07, 6.45) is 2.17. The Balaban J connectivity index is 2.98. The molecule has 0 saturated carbocycles. The van der Waals surface area contributed by atoms with Crippen LogP contribution in [0.2, 0.25) is 0 Å². The van der Waals surface area contributed by atoms with E-state index in [9.17, 15) is 9.90 Å². The number of allylic oxidation sites excluding steroid dienone is 2. The average Bonchev–Trinajstić information content (AvgIpc) is 2.31. The van der Waals surface area contributed by atoms with E-state index in [0.29, 0.717) is 17.5 Å². The van der Waals surface area contributed by atoms with Crippen molar-refractivity contribution in [2.45, 2.75) is 40.0 Å². The topological polar surface area (TPSA) is 37.3 Å². The molecule has 0 radical (unpaired) electrons. The first-order valence-corrected chi connectivity index (χ1v) is 6.50. The van der Waals surface area contributed by atoms with E-state index in [-0.39, 0.29) is 11.5 Å². The second-order valence-corrected chi connectivity index (χ2v) is 5.20. The van der Waals surface area contributed by atoms with Crippen molar-refractivity contribution in [3.05, 3.63) is 47.6 Å². The first-order valence-electron chi connectivity index (χ1n) is 6.50. The lowest BCUT2D eigenvalue weighted by molar-refractivity contribution is 0.0980. The maximum Gasteiger partial charge on any atom is 0.163 e. The molecule has 2 heteroatoms. The van der Waals surface area contributed by atoms with E-state index < -0.39 is 0 Å². The lowest BCUT2D eigenvalue weighted by Crippen LogP contribution is -2.04. The van der Waals surface area contributed by atoms with Gasteiger partial charge in [0.1, 0.15) is 5.75 Å². The predicted molar refractivity (Wildman–Crippen MR) is 80.5 cm³/mol. The first kappa shape index (κ1) is 15.2. The molecular formula is C17H22O2. The van der Waals surface area contributed by atoms with Gasteiger partial charge < -0.3 is 5.11 Å². The number of Topliss-reactive ketones (excluding diaryl/α,β-unsaturated/α-hetero) is 1. The van der Waals surface area contributed by atoms with Crippen molar-refractivity contribution in [1.29, 1.82) is 0 Å². The second kappa shape index (κ2) is 6.37. The highest BCUT2D eigenvalue weighted by atomic mass is 16.3. The van der Waals surface area contributed by atoms with Crippen LogP contribution in [-0.4, -0.2) is 10.9 Å². The van der Waals surface area contributed by atoms with Crippen LogP contribution in [0.25, 0.3) is 5.57 Å². The van der Waals surface area contributed by atoms with Gasteiger partial charge in [-0.05, 0) is 56.9 Å². The monoisotopic (exact) mass is 258 g/mol. The van der Waals surface area contributed by atoms with Crippen LogP contribution in [0.4, 0.5) is 0 Å². The smallest absolute Gasteiger partial charge is 0.163 e. The Bertz CT molecular complexity index is 524. The molecule has 0 aromatic heterocycles. The number of phenolic OH excluding ortho intramolecular Hbond substituents is 1. The fourth-order valence-electron chi connectivity index (χ4n) is 1.97. The summed E-state index contributed by atoms with van der Waals surface area (Å²) in [5, 5.41) is 9.74. The first-order chi connectivity index (χ1) is 8.82.